The van der Waals surface area contributed by atoms with Crippen LogP contribution in [0.5, 0.6) is 0 Å². The standard InChI is InChI=1S/C15H14IN5/c1-11(18-15-8-3-2-7-14(15)16)12-5-4-6-13(9-12)21-10-17-19-20-21/h2-11,18H,1H3. The number of tetrazole rings is 1. The molecule has 0 amide bonds. The first-order valence-corrected chi connectivity index (χ1v) is 7.66. The van der Waals surface area contributed by atoms with E-state index in [-0.39, 0.29) is 6.04 Å². The van der Waals surface area contributed by atoms with Crippen molar-refractivity contribution in [2.24, 2.45) is 0 Å². The van der Waals surface area contributed by atoms with Gasteiger partial charge in [-0.2, -0.15) is 0 Å². The Balaban J connectivity index is 1.84. The van der Waals surface area contributed by atoms with Crippen molar-refractivity contribution in [2.75, 3.05) is 5.32 Å². The number of rotatable bonds is 4. The Morgan fingerprint density at radius 3 is 2.76 bits per heavy atom. The molecule has 5 nitrogen and oxygen atoms in total. The molecule has 3 rings (SSSR count). The third-order valence-electron chi connectivity index (χ3n) is 3.23. The van der Waals surface area contributed by atoms with E-state index >= 15 is 0 Å². The largest absolute Gasteiger partial charge is 0.378 e. The van der Waals surface area contributed by atoms with Gasteiger partial charge in [-0.15, -0.1) is 5.10 Å². The molecule has 1 aromatic heterocycles. The maximum atomic E-state index is 3.92. The van der Waals surface area contributed by atoms with E-state index in [1.807, 2.05) is 24.3 Å². The number of nitrogens with zero attached hydrogens (tertiary/aromatic N) is 4. The van der Waals surface area contributed by atoms with E-state index in [0.29, 0.717) is 0 Å². The fourth-order valence-electron chi connectivity index (χ4n) is 2.11. The van der Waals surface area contributed by atoms with Gasteiger partial charge in [0.15, 0.2) is 0 Å². The Bertz CT molecular complexity index is 726. The number of para-hydroxylation sites is 1. The topological polar surface area (TPSA) is 55.6 Å². The molecular weight excluding hydrogens is 377 g/mol. The normalized spacial score (nSPS) is 12.1. The molecule has 0 saturated heterocycles. The second kappa shape index (κ2) is 6.21. The maximum Gasteiger partial charge on any atom is 0.143 e. The SMILES string of the molecule is CC(Nc1ccccc1I)c1cccc(-n2cnnn2)c1. The second-order valence-electron chi connectivity index (χ2n) is 4.70. The molecule has 21 heavy (non-hydrogen) atoms. The van der Waals surface area contributed by atoms with Gasteiger partial charge >= 0.3 is 0 Å². The lowest BCUT2D eigenvalue weighted by molar-refractivity contribution is 0.785. The lowest BCUT2D eigenvalue weighted by Gasteiger charge is -2.17. The molecule has 1 N–H and O–H groups in total. The third kappa shape index (κ3) is 3.21. The Kier molecular flexibility index (Phi) is 4.14. The first-order chi connectivity index (χ1) is 10.2. The van der Waals surface area contributed by atoms with Crippen LogP contribution in [0.2, 0.25) is 0 Å². The maximum absolute atomic E-state index is 3.92. The minimum atomic E-state index is 0.192. The molecular formula is C15H14IN5. The van der Waals surface area contributed by atoms with E-state index in [1.54, 1.807) is 11.0 Å². The summed E-state index contributed by atoms with van der Waals surface area (Å²) in [6.07, 6.45) is 1.59. The van der Waals surface area contributed by atoms with Crippen molar-refractivity contribution < 1.29 is 0 Å². The molecule has 0 aliphatic carbocycles. The molecule has 0 bridgehead atoms. The van der Waals surface area contributed by atoms with E-state index in [9.17, 15) is 0 Å². The summed E-state index contributed by atoms with van der Waals surface area (Å²) < 4.78 is 2.86. The van der Waals surface area contributed by atoms with Gasteiger partial charge in [-0.05, 0) is 69.8 Å². The number of benzene rings is 2. The van der Waals surface area contributed by atoms with Crippen LogP contribution in [0.1, 0.15) is 18.5 Å². The summed E-state index contributed by atoms with van der Waals surface area (Å²) >= 11 is 2.34. The van der Waals surface area contributed by atoms with E-state index < -0.39 is 0 Å². The van der Waals surface area contributed by atoms with E-state index in [2.05, 4.69) is 74.6 Å². The summed E-state index contributed by atoms with van der Waals surface area (Å²) in [5, 5.41) is 14.8. The number of nitrogens with one attached hydrogen (secondary N) is 1. The Labute approximate surface area is 136 Å². The van der Waals surface area contributed by atoms with Crippen molar-refractivity contribution >= 4 is 28.3 Å². The molecule has 1 unspecified atom stereocenters. The van der Waals surface area contributed by atoms with Crippen LogP contribution in [0.3, 0.4) is 0 Å². The molecule has 0 saturated carbocycles. The average molecular weight is 391 g/mol. The molecule has 3 aromatic rings. The molecule has 106 valence electrons. The predicted molar refractivity (Wildman–Crippen MR) is 90.4 cm³/mol. The van der Waals surface area contributed by atoms with Gasteiger partial charge in [-0.25, -0.2) is 4.68 Å². The van der Waals surface area contributed by atoms with Gasteiger partial charge in [-0.3, -0.25) is 0 Å². The predicted octanol–water partition coefficient (Wildman–Crippen LogP) is 3.44. The summed E-state index contributed by atoms with van der Waals surface area (Å²) in [6, 6.07) is 16.6. The lowest BCUT2D eigenvalue weighted by Crippen LogP contribution is -2.08. The van der Waals surface area contributed by atoms with E-state index in [4.69, 9.17) is 0 Å². The Morgan fingerprint density at radius 2 is 2.00 bits per heavy atom. The monoisotopic (exact) mass is 391 g/mol. The summed E-state index contributed by atoms with van der Waals surface area (Å²) in [5.74, 6) is 0. The summed E-state index contributed by atoms with van der Waals surface area (Å²) in [4.78, 5) is 0. The molecule has 0 spiro atoms. The second-order valence-corrected chi connectivity index (χ2v) is 5.86. The van der Waals surface area contributed by atoms with E-state index in [1.165, 1.54) is 9.13 Å². The minimum absolute atomic E-state index is 0.192. The van der Waals surface area contributed by atoms with Crippen LogP contribution in [0, 0.1) is 3.57 Å². The Hall–Kier alpha value is -1.96. The molecule has 6 heteroatoms. The minimum Gasteiger partial charge on any atom is -0.378 e. The van der Waals surface area contributed by atoms with Gasteiger partial charge in [0, 0.05) is 15.3 Å². The average Bonchev–Trinajstić information content (AvgIpc) is 3.04. The van der Waals surface area contributed by atoms with Crippen molar-refractivity contribution in [3.8, 4) is 5.69 Å². The van der Waals surface area contributed by atoms with E-state index in [0.717, 1.165) is 11.4 Å². The first-order valence-electron chi connectivity index (χ1n) is 6.58. The van der Waals surface area contributed by atoms with Crippen molar-refractivity contribution in [3.05, 3.63) is 64.0 Å². The highest BCUT2D eigenvalue weighted by atomic mass is 127. The number of hydrogen-bond acceptors (Lipinski definition) is 4. The smallest absolute Gasteiger partial charge is 0.143 e. The van der Waals surface area contributed by atoms with Gasteiger partial charge in [0.05, 0.1) is 5.69 Å². The molecule has 0 fully saturated rings. The zero-order valence-corrected chi connectivity index (χ0v) is 13.6. The number of halogens is 1. The van der Waals surface area contributed by atoms with Gasteiger partial charge in [0.1, 0.15) is 6.33 Å². The molecule has 0 aliphatic heterocycles. The lowest BCUT2D eigenvalue weighted by atomic mass is 10.1. The highest BCUT2D eigenvalue weighted by Gasteiger charge is 2.08. The van der Waals surface area contributed by atoms with Crippen molar-refractivity contribution in [1.82, 2.24) is 20.2 Å². The highest BCUT2D eigenvalue weighted by molar-refractivity contribution is 14.1. The summed E-state index contributed by atoms with van der Waals surface area (Å²) in [5.41, 5.74) is 3.27. The zero-order valence-electron chi connectivity index (χ0n) is 11.4. The van der Waals surface area contributed by atoms with Crippen LogP contribution in [0.25, 0.3) is 5.69 Å². The molecule has 1 heterocycles. The van der Waals surface area contributed by atoms with Gasteiger partial charge in [0.25, 0.3) is 0 Å². The Morgan fingerprint density at radius 1 is 1.14 bits per heavy atom. The quantitative estimate of drug-likeness (QED) is 0.693. The van der Waals surface area contributed by atoms with Crippen molar-refractivity contribution in [1.29, 1.82) is 0 Å². The number of anilines is 1. The molecule has 1 atom stereocenters. The zero-order chi connectivity index (χ0) is 14.7. The molecule has 0 radical (unpaired) electrons. The number of hydrogen-bond donors (Lipinski definition) is 1. The van der Waals surface area contributed by atoms with Gasteiger partial charge < -0.3 is 5.32 Å². The third-order valence-corrected chi connectivity index (χ3v) is 4.17. The van der Waals surface area contributed by atoms with Crippen LogP contribution in [-0.2, 0) is 0 Å². The molecule has 2 aromatic carbocycles. The van der Waals surface area contributed by atoms with Crippen LogP contribution in [-0.4, -0.2) is 20.2 Å². The molecule has 0 aliphatic rings. The highest BCUT2D eigenvalue weighted by Crippen LogP contribution is 2.24. The fourth-order valence-corrected chi connectivity index (χ4v) is 2.65. The summed E-state index contributed by atoms with van der Waals surface area (Å²) in [7, 11) is 0. The fraction of sp³-hybridized carbons (Fsp3) is 0.133. The van der Waals surface area contributed by atoms with Crippen molar-refractivity contribution in [3.63, 3.8) is 0 Å². The first kappa shape index (κ1) is 14.0. The summed E-state index contributed by atoms with van der Waals surface area (Å²) in [6.45, 7) is 2.14. The van der Waals surface area contributed by atoms with Crippen LogP contribution in [0.15, 0.2) is 54.9 Å². The number of aromatic nitrogens is 4. The van der Waals surface area contributed by atoms with Crippen LogP contribution >= 0.6 is 22.6 Å². The van der Waals surface area contributed by atoms with Crippen molar-refractivity contribution in [2.45, 2.75) is 13.0 Å². The van der Waals surface area contributed by atoms with Crippen LogP contribution in [0.4, 0.5) is 5.69 Å². The van der Waals surface area contributed by atoms with Gasteiger partial charge in [-0.1, -0.05) is 24.3 Å². The van der Waals surface area contributed by atoms with Gasteiger partial charge in [0.2, 0.25) is 0 Å². The van der Waals surface area contributed by atoms with Crippen LogP contribution < -0.4 is 5.32 Å².